The second-order valence-corrected chi connectivity index (χ2v) is 10.3. The third kappa shape index (κ3) is 5.17. The van der Waals surface area contributed by atoms with Gasteiger partial charge in [-0.25, -0.2) is 0 Å². The van der Waals surface area contributed by atoms with Crippen LogP contribution in [0.1, 0.15) is 54.8 Å². The van der Waals surface area contributed by atoms with Gasteiger partial charge in [-0.3, -0.25) is 24.0 Å². The highest BCUT2D eigenvalue weighted by Gasteiger charge is 2.54. The van der Waals surface area contributed by atoms with Gasteiger partial charge >= 0.3 is 0 Å². The maximum absolute atomic E-state index is 13.9. The number of carbonyl (C=O) groups excluding carboxylic acids is 3. The topological polar surface area (TPSA) is 78.8 Å². The minimum Gasteiger partial charge on any atom is -0.336 e. The van der Waals surface area contributed by atoms with Gasteiger partial charge in [0.15, 0.2) is 0 Å². The first-order valence-corrected chi connectivity index (χ1v) is 12.2. The zero-order valence-corrected chi connectivity index (χ0v) is 22.4. The molecule has 0 radical (unpaired) electrons. The zero-order valence-electron chi connectivity index (χ0n) is 22.4. The molecule has 1 unspecified atom stereocenters. The van der Waals surface area contributed by atoms with E-state index in [9.17, 15) is 14.4 Å². The van der Waals surface area contributed by atoms with E-state index in [1.54, 1.807) is 4.90 Å². The summed E-state index contributed by atoms with van der Waals surface area (Å²) in [6.07, 6.45) is -0.0375. The Bertz CT molecular complexity index is 1120. The number of carbonyl (C=O) groups is 3. The lowest BCUT2D eigenvalue weighted by Crippen LogP contribution is -2.46. The van der Waals surface area contributed by atoms with Gasteiger partial charge in [0.25, 0.3) is 0 Å². The molecule has 0 spiro atoms. The molecule has 2 aromatic rings. The van der Waals surface area contributed by atoms with Gasteiger partial charge in [0.1, 0.15) is 0 Å². The standard InChI is InChI=1S/C27H39N5O3/c1-18(2)32(17-22-20(4)28-30(8)21(22)5)25(34)16-27(23-12-10-9-11-19(23)3)15-24(33)31(26(27)35)14-13-29(6)7/h9-12,18H,13-17H2,1-8H3. The van der Waals surface area contributed by atoms with Crippen LogP contribution in [0.25, 0.3) is 0 Å². The summed E-state index contributed by atoms with van der Waals surface area (Å²) in [6, 6.07) is 7.53. The third-order valence-electron chi connectivity index (χ3n) is 7.22. The molecule has 0 saturated carbocycles. The molecule has 35 heavy (non-hydrogen) atoms. The molecule has 1 aliphatic rings. The van der Waals surface area contributed by atoms with E-state index in [0.29, 0.717) is 19.6 Å². The molecule has 3 amide bonds. The van der Waals surface area contributed by atoms with Crippen LogP contribution < -0.4 is 0 Å². The van der Waals surface area contributed by atoms with Gasteiger partial charge < -0.3 is 9.80 Å². The van der Waals surface area contributed by atoms with E-state index in [4.69, 9.17) is 0 Å². The lowest BCUT2D eigenvalue weighted by Gasteiger charge is -2.33. The normalized spacial score (nSPS) is 18.3. The molecule has 0 N–H and O–H groups in total. The Morgan fingerprint density at radius 1 is 1.14 bits per heavy atom. The number of hydrogen-bond donors (Lipinski definition) is 0. The van der Waals surface area contributed by atoms with Crippen LogP contribution in [0.15, 0.2) is 24.3 Å². The molecule has 1 aromatic heterocycles. The summed E-state index contributed by atoms with van der Waals surface area (Å²) in [5.41, 5.74) is 3.39. The predicted octanol–water partition coefficient (Wildman–Crippen LogP) is 2.73. The predicted molar refractivity (Wildman–Crippen MR) is 136 cm³/mol. The SMILES string of the molecule is Cc1ccccc1C1(CC(=O)N(Cc2c(C)nn(C)c2C)C(C)C)CC(=O)N(CCN(C)C)C1=O. The van der Waals surface area contributed by atoms with Gasteiger partial charge in [0, 0.05) is 56.8 Å². The van der Waals surface area contributed by atoms with Crippen LogP contribution in [0.4, 0.5) is 0 Å². The second-order valence-electron chi connectivity index (χ2n) is 10.3. The number of aryl methyl sites for hydroxylation is 3. The Balaban J connectivity index is 2.00. The molecule has 1 aromatic carbocycles. The Hall–Kier alpha value is -3.00. The highest BCUT2D eigenvalue weighted by Crippen LogP contribution is 2.42. The lowest BCUT2D eigenvalue weighted by molar-refractivity contribution is -0.143. The fourth-order valence-corrected chi connectivity index (χ4v) is 5.02. The van der Waals surface area contributed by atoms with E-state index in [1.807, 2.05) is 89.6 Å². The molecular formula is C27H39N5O3. The molecule has 1 saturated heterocycles. The Labute approximate surface area is 208 Å². The molecule has 1 aliphatic heterocycles. The molecule has 0 bridgehead atoms. The van der Waals surface area contributed by atoms with E-state index in [-0.39, 0.29) is 36.6 Å². The van der Waals surface area contributed by atoms with Crippen molar-refractivity contribution in [3.8, 4) is 0 Å². The van der Waals surface area contributed by atoms with Gasteiger partial charge in [0.05, 0.1) is 11.1 Å². The van der Waals surface area contributed by atoms with E-state index in [2.05, 4.69) is 5.10 Å². The quantitative estimate of drug-likeness (QED) is 0.515. The molecule has 2 heterocycles. The van der Waals surface area contributed by atoms with E-state index >= 15 is 0 Å². The lowest BCUT2D eigenvalue weighted by atomic mass is 9.73. The monoisotopic (exact) mass is 481 g/mol. The van der Waals surface area contributed by atoms with Gasteiger partial charge in [0.2, 0.25) is 17.7 Å². The fourth-order valence-electron chi connectivity index (χ4n) is 5.02. The summed E-state index contributed by atoms with van der Waals surface area (Å²) < 4.78 is 1.82. The molecule has 1 fully saturated rings. The van der Waals surface area contributed by atoms with E-state index < -0.39 is 5.41 Å². The highest BCUT2D eigenvalue weighted by atomic mass is 16.2. The molecule has 0 aliphatic carbocycles. The first-order valence-electron chi connectivity index (χ1n) is 12.2. The molecule has 8 heteroatoms. The largest absolute Gasteiger partial charge is 0.336 e. The number of imide groups is 1. The molecule has 8 nitrogen and oxygen atoms in total. The maximum atomic E-state index is 13.9. The minimum absolute atomic E-state index is 0.00669. The van der Waals surface area contributed by atoms with E-state index in [0.717, 1.165) is 28.1 Å². The number of likely N-dealkylation sites (N-methyl/N-ethyl adjacent to an activating group) is 1. The Morgan fingerprint density at radius 3 is 2.34 bits per heavy atom. The van der Waals surface area contributed by atoms with Crippen LogP contribution in [-0.4, -0.2) is 75.4 Å². The van der Waals surface area contributed by atoms with Gasteiger partial charge in [-0.15, -0.1) is 0 Å². The molecule has 3 rings (SSSR count). The van der Waals surface area contributed by atoms with Crippen LogP contribution in [0, 0.1) is 20.8 Å². The van der Waals surface area contributed by atoms with E-state index in [1.165, 1.54) is 4.90 Å². The number of hydrogen-bond acceptors (Lipinski definition) is 5. The van der Waals surface area contributed by atoms with Crippen LogP contribution in [0.2, 0.25) is 0 Å². The van der Waals surface area contributed by atoms with Crippen LogP contribution in [0.5, 0.6) is 0 Å². The summed E-state index contributed by atoms with van der Waals surface area (Å²) in [4.78, 5) is 46.0. The Morgan fingerprint density at radius 2 is 1.80 bits per heavy atom. The molecular weight excluding hydrogens is 442 g/mol. The number of rotatable bonds is 9. The summed E-state index contributed by atoms with van der Waals surface area (Å²) in [7, 11) is 5.71. The summed E-state index contributed by atoms with van der Waals surface area (Å²) in [6.45, 7) is 11.1. The minimum atomic E-state index is -1.20. The first-order chi connectivity index (χ1) is 16.4. The van der Waals surface area contributed by atoms with Gasteiger partial charge in [-0.2, -0.15) is 5.10 Å². The van der Waals surface area contributed by atoms with Crippen molar-refractivity contribution in [3.05, 3.63) is 52.3 Å². The Kier molecular flexibility index (Phi) is 7.84. The van der Waals surface area contributed by atoms with Gasteiger partial charge in [-0.05, 0) is 59.8 Å². The van der Waals surface area contributed by atoms with Crippen LogP contribution >= 0.6 is 0 Å². The van der Waals surface area contributed by atoms with Crippen LogP contribution in [-0.2, 0) is 33.4 Å². The maximum Gasteiger partial charge on any atom is 0.240 e. The molecule has 1 atom stereocenters. The van der Waals surface area contributed by atoms with Crippen molar-refractivity contribution in [1.82, 2.24) is 24.5 Å². The van der Waals surface area contributed by atoms with Crippen molar-refractivity contribution >= 4 is 17.7 Å². The van der Waals surface area contributed by atoms with Crippen molar-refractivity contribution in [1.29, 1.82) is 0 Å². The fraction of sp³-hybridized carbons (Fsp3) is 0.556. The summed E-state index contributed by atoms with van der Waals surface area (Å²) in [5.74, 6) is -0.631. The van der Waals surface area contributed by atoms with Crippen molar-refractivity contribution in [2.24, 2.45) is 7.05 Å². The number of likely N-dealkylation sites (tertiary alicyclic amines) is 1. The number of nitrogens with zero attached hydrogens (tertiary/aromatic N) is 5. The average molecular weight is 482 g/mol. The first kappa shape index (κ1) is 26.6. The number of benzene rings is 1. The molecule has 190 valence electrons. The van der Waals surface area contributed by atoms with Crippen LogP contribution in [0.3, 0.4) is 0 Å². The number of aromatic nitrogens is 2. The van der Waals surface area contributed by atoms with Crippen molar-refractivity contribution in [3.63, 3.8) is 0 Å². The zero-order chi connectivity index (χ0) is 26.1. The van der Waals surface area contributed by atoms with Crippen molar-refractivity contribution in [2.75, 3.05) is 27.2 Å². The van der Waals surface area contributed by atoms with Gasteiger partial charge in [-0.1, -0.05) is 24.3 Å². The number of amides is 3. The van der Waals surface area contributed by atoms with Crippen molar-refractivity contribution < 1.29 is 14.4 Å². The summed E-state index contributed by atoms with van der Waals surface area (Å²) >= 11 is 0. The second kappa shape index (κ2) is 10.3. The average Bonchev–Trinajstić information content (AvgIpc) is 3.15. The third-order valence-corrected chi connectivity index (χ3v) is 7.22. The smallest absolute Gasteiger partial charge is 0.240 e. The summed E-state index contributed by atoms with van der Waals surface area (Å²) in [5, 5.41) is 4.49. The van der Waals surface area contributed by atoms with Crippen molar-refractivity contribution in [2.45, 2.75) is 65.5 Å². The highest BCUT2D eigenvalue weighted by molar-refractivity contribution is 6.11.